The normalized spacial score (nSPS) is 12.4. The van der Waals surface area contributed by atoms with Gasteiger partial charge in [-0.2, -0.15) is 0 Å². The molecule has 3 nitrogen and oxygen atoms in total. The summed E-state index contributed by atoms with van der Waals surface area (Å²) in [7, 11) is 1.96. The third-order valence-corrected chi connectivity index (χ3v) is 3.11. The number of hydrogen-bond donors (Lipinski definition) is 1. The Kier molecular flexibility index (Phi) is 4.57. The second-order valence-electron chi connectivity index (χ2n) is 3.16. The minimum absolute atomic E-state index is 0.350. The fourth-order valence-corrected chi connectivity index (χ4v) is 2.16. The average Bonchev–Trinajstić information content (AvgIpc) is 2.60. The Hall–Kier alpha value is -0.920. The highest BCUT2D eigenvalue weighted by atomic mass is 32.1. The molecule has 1 N–H and O–H groups in total. The topological polar surface area (TPSA) is 37.8 Å². The van der Waals surface area contributed by atoms with Gasteiger partial charge < -0.3 is 5.32 Å². The van der Waals surface area contributed by atoms with E-state index in [0.717, 1.165) is 25.0 Å². The van der Waals surface area contributed by atoms with Crippen LogP contribution in [0.5, 0.6) is 0 Å². The van der Waals surface area contributed by atoms with Crippen LogP contribution < -0.4 is 5.32 Å². The second kappa shape index (κ2) is 5.74. The summed E-state index contributed by atoms with van der Waals surface area (Å²) < 4.78 is 3.93. The van der Waals surface area contributed by atoms with Crippen molar-refractivity contribution in [2.24, 2.45) is 0 Å². The zero-order valence-corrected chi connectivity index (χ0v) is 9.40. The van der Waals surface area contributed by atoms with Crippen molar-refractivity contribution >= 4 is 11.5 Å². The number of aryl methyl sites for hydroxylation is 1. The molecular formula is C10H15N3S. The number of aromatic nitrogens is 2. The van der Waals surface area contributed by atoms with E-state index in [0.29, 0.717) is 6.04 Å². The Morgan fingerprint density at radius 3 is 2.93 bits per heavy atom. The largest absolute Gasteiger partial charge is 0.312 e. The molecule has 0 aliphatic heterocycles. The lowest BCUT2D eigenvalue weighted by molar-refractivity contribution is 0.537. The van der Waals surface area contributed by atoms with Crippen molar-refractivity contribution in [3.8, 4) is 12.3 Å². The van der Waals surface area contributed by atoms with E-state index in [4.69, 9.17) is 6.42 Å². The lowest BCUT2D eigenvalue weighted by Gasteiger charge is -2.13. The smallest absolute Gasteiger partial charge is 0.0772 e. The molecule has 0 aromatic carbocycles. The number of unbranched alkanes of at least 4 members (excludes halogenated alkanes) is 1. The monoisotopic (exact) mass is 209 g/mol. The van der Waals surface area contributed by atoms with Crippen LogP contribution in [0.4, 0.5) is 0 Å². The maximum Gasteiger partial charge on any atom is 0.0772 e. The number of nitrogens with one attached hydrogen (secondary N) is 1. The van der Waals surface area contributed by atoms with Gasteiger partial charge >= 0.3 is 0 Å². The molecule has 0 radical (unpaired) electrons. The predicted molar refractivity (Wildman–Crippen MR) is 59.1 cm³/mol. The van der Waals surface area contributed by atoms with Gasteiger partial charge in [0.2, 0.25) is 0 Å². The second-order valence-corrected chi connectivity index (χ2v) is 3.95. The summed E-state index contributed by atoms with van der Waals surface area (Å²) in [6.45, 7) is 1.99. The van der Waals surface area contributed by atoms with Gasteiger partial charge in [-0.3, -0.25) is 0 Å². The molecule has 0 saturated carbocycles. The minimum atomic E-state index is 0.350. The molecule has 0 spiro atoms. The molecular weight excluding hydrogens is 194 g/mol. The first-order chi connectivity index (χ1) is 6.79. The average molecular weight is 209 g/mol. The van der Waals surface area contributed by atoms with Crippen LogP contribution in [0.1, 0.15) is 35.9 Å². The van der Waals surface area contributed by atoms with Crippen LogP contribution in [0.3, 0.4) is 0 Å². The molecule has 0 aliphatic carbocycles. The fraction of sp³-hybridized carbons (Fsp3) is 0.600. The van der Waals surface area contributed by atoms with Crippen molar-refractivity contribution in [3.63, 3.8) is 0 Å². The molecule has 14 heavy (non-hydrogen) atoms. The van der Waals surface area contributed by atoms with Crippen LogP contribution in [0.15, 0.2) is 0 Å². The van der Waals surface area contributed by atoms with Gasteiger partial charge in [0.05, 0.1) is 10.6 Å². The third kappa shape index (κ3) is 2.79. The van der Waals surface area contributed by atoms with Gasteiger partial charge in [0.1, 0.15) is 0 Å². The number of rotatable bonds is 5. The Labute approximate surface area is 89.1 Å². The third-order valence-electron chi connectivity index (χ3n) is 2.17. The molecule has 1 unspecified atom stereocenters. The molecule has 0 amide bonds. The zero-order valence-electron chi connectivity index (χ0n) is 8.58. The molecule has 0 saturated heterocycles. The van der Waals surface area contributed by atoms with Gasteiger partial charge in [-0.05, 0) is 38.3 Å². The molecule has 1 aromatic rings. The van der Waals surface area contributed by atoms with Crippen molar-refractivity contribution in [1.82, 2.24) is 14.9 Å². The van der Waals surface area contributed by atoms with Crippen LogP contribution >= 0.6 is 11.5 Å². The van der Waals surface area contributed by atoms with Gasteiger partial charge in [-0.1, -0.05) is 4.49 Å². The molecule has 4 heteroatoms. The molecule has 1 atom stereocenters. The van der Waals surface area contributed by atoms with E-state index in [9.17, 15) is 0 Å². The molecule has 0 aliphatic rings. The zero-order chi connectivity index (χ0) is 10.4. The Morgan fingerprint density at radius 1 is 1.64 bits per heavy atom. The van der Waals surface area contributed by atoms with Crippen molar-refractivity contribution in [1.29, 1.82) is 0 Å². The van der Waals surface area contributed by atoms with Crippen LogP contribution in [-0.2, 0) is 0 Å². The van der Waals surface area contributed by atoms with E-state index >= 15 is 0 Å². The number of hydrogen-bond acceptors (Lipinski definition) is 4. The van der Waals surface area contributed by atoms with Crippen LogP contribution in [0.2, 0.25) is 0 Å². The van der Waals surface area contributed by atoms with E-state index in [1.807, 2.05) is 14.0 Å². The van der Waals surface area contributed by atoms with E-state index in [-0.39, 0.29) is 0 Å². The minimum Gasteiger partial charge on any atom is -0.312 e. The lowest BCUT2D eigenvalue weighted by atomic mass is 10.1. The maximum absolute atomic E-state index is 5.21. The summed E-state index contributed by atoms with van der Waals surface area (Å²) in [4.78, 5) is 1.23. The molecule has 1 heterocycles. The van der Waals surface area contributed by atoms with E-state index in [1.54, 1.807) is 0 Å². The quantitative estimate of drug-likeness (QED) is 0.594. The number of terminal acetylenes is 1. The summed E-state index contributed by atoms with van der Waals surface area (Å²) in [6.07, 6.45) is 8.14. The lowest BCUT2D eigenvalue weighted by Crippen LogP contribution is -2.15. The first kappa shape index (κ1) is 11.2. The van der Waals surface area contributed by atoms with Gasteiger partial charge in [0.15, 0.2) is 0 Å². The van der Waals surface area contributed by atoms with Gasteiger partial charge in [0, 0.05) is 12.5 Å². The van der Waals surface area contributed by atoms with Crippen molar-refractivity contribution in [3.05, 3.63) is 10.6 Å². The highest BCUT2D eigenvalue weighted by Gasteiger charge is 2.14. The summed E-state index contributed by atoms with van der Waals surface area (Å²) in [6, 6.07) is 0.350. The summed E-state index contributed by atoms with van der Waals surface area (Å²) in [5, 5.41) is 7.27. The molecule has 1 rings (SSSR count). The van der Waals surface area contributed by atoms with Gasteiger partial charge in [-0.25, -0.2) is 0 Å². The summed E-state index contributed by atoms with van der Waals surface area (Å²) in [5.74, 6) is 2.65. The van der Waals surface area contributed by atoms with Crippen LogP contribution in [-0.4, -0.2) is 16.6 Å². The highest BCUT2D eigenvalue weighted by molar-refractivity contribution is 7.05. The van der Waals surface area contributed by atoms with Crippen molar-refractivity contribution in [2.75, 3.05) is 7.05 Å². The standard InChI is InChI=1S/C10H15N3S/c1-4-5-6-7-9(11-3)10-8(2)12-13-14-10/h1,9,11H,5-7H2,2-3H3. The molecule has 76 valence electrons. The highest BCUT2D eigenvalue weighted by Crippen LogP contribution is 2.23. The van der Waals surface area contributed by atoms with Crippen LogP contribution in [0, 0.1) is 19.3 Å². The SMILES string of the molecule is C#CCCCC(NC)c1snnc1C. The first-order valence-corrected chi connectivity index (χ1v) is 5.46. The summed E-state index contributed by atoms with van der Waals surface area (Å²) in [5.41, 5.74) is 1.02. The van der Waals surface area contributed by atoms with Crippen molar-refractivity contribution < 1.29 is 0 Å². The number of nitrogens with zero attached hydrogens (tertiary/aromatic N) is 2. The maximum atomic E-state index is 5.21. The predicted octanol–water partition coefficient (Wildman–Crippen LogP) is 1.91. The Balaban J connectivity index is 2.55. The fourth-order valence-electron chi connectivity index (χ4n) is 1.37. The summed E-state index contributed by atoms with van der Waals surface area (Å²) >= 11 is 1.46. The van der Waals surface area contributed by atoms with E-state index in [2.05, 4.69) is 20.8 Å². The van der Waals surface area contributed by atoms with Gasteiger partial charge in [-0.15, -0.1) is 17.4 Å². The van der Waals surface area contributed by atoms with E-state index in [1.165, 1.54) is 16.4 Å². The molecule has 0 fully saturated rings. The van der Waals surface area contributed by atoms with E-state index < -0.39 is 0 Å². The molecule has 1 aromatic heterocycles. The first-order valence-electron chi connectivity index (χ1n) is 4.69. The van der Waals surface area contributed by atoms with Crippen molar-refractivity contribution in [2.45, 2.75) is 32.2 Å². The molecule has 0 bridgehead atoms. The van der Waals surface area contributed by atoms with Gasteiger partial charge in [0.25, 0.3) is 0 Å². The Morgan fingerprint density at radius 2 is 2.43 bits per heavy atom. The van der Waals surface area contributed by atoms with Crippen LogP contribution in [0.25, 0.3) is 0 Å². The Bertz CT molecular complexity index is 313.